The molecule has 0 N–H and O–H groups in total. The molecule has 8 heteroatoms. The Morgan fingerprint density at radius 1 is 1.43 bits per heavy atom. The number of rotatable bonds is 4. The Morgan fingerprint density at radius 3 is 2.43 bits per heavy atom. The van der Waals surface area contributed by atoms with Crippen LogP contribution in [0.5, 0.6) is 0 Å². The normalized spacial score (nSPS) is 12.9. The highest BCUT2D eigenvalue weighted by Crippen LogP contribution is 2.33. The summed E-state index contributed by atoms with van der Waals surface area (Å²) in [5.41, 5.74) is -2.35. The average molecular weight is 304 g/mol. The molecule has 0 heterocycles. The molecule has 5 nitrogen and oxygen atoms in total. The van der Waals surface area contributed by atoms with Crippen LogP contribution in [0.2, 0.25) is 0 Å². The molecule has 0 aliphatic carbocycles. The van der Waals surface area contributed by atoms with Gasteiger partial charge in [-0.05, 0) is 25.5 Å². The van der Waals surface area contributed by atoms with E-state index in [0.717, 1.165) is 6.07 Å². The van der Waals surface area contributed by atoms with E-state index in [0.29, 0.717) is 18.6 Å². The summed E-state index contributed by atoms with van der Waals surface area (Å²) >= 11 is 0. The van der Waals surface area contributed by atoms with Crippen LogP contribution in [0.1, 0.15) is 36.2 Å². The lowest BCUT2D eigenvalue weighted by Crippen LogP contribution is -2.35. The van der Waals surface area contributed by atoms with Crippen LogP contribution in [0.4, 0.5) is 18.9 Å². The number of amides is 1. The summed E-state index contributed by atoms with van der Waals surface area (Å²) < 4.78 is 37.8. The van der Waals surface area contributed by atoms with Crippen LogP contribution < -0.4 is 0 Å². The molecule has 0 spiro atoms. The maximum Gasteiger partial charge on any atom is 0.416 e. The van der Waals surface area contributed by atoms with Gasteiger partial charge in [0.25, 0.3) is 11.6 Å². The molecular weight excluding hydrogens is 289 g/mol. The summed E-state index contributed by atoms with van der Waals surface area (Å²) in [6.07, 6.45) is -4.08. The van der Waals surface area contributed by atoms with Gasteiger partial charge < -0.3 is 4.90 Å². The van der Waals surface area contributed by atoms with E-state index in [1.165, 1.54) is 11.9 Å². The van der Waals surface area contributed by atoms with Gasteiger partial charge >= 0.3 is 6.18 Å². The summed E-state index contributed by atoms with van der Waals surface area (Å²) in [5, 5.41) is 10.9. The van der Waals surface area contributed by atoms with Crippen LogP contribution in [-0.4, -0.2) is 28.8 Å². The molecule has 1 atom stereocenters. The predicted octanol–water partition coefficient (Wildman–Crippen LogP) is 3.48. The smallest absolute Gasteiger partial charge is 0.339 e. The van der Waals surface area contributed by atoms with Crippen LogP contribution in [0, 0.1) is 10.1 Å². The number of nitrogens with zero attached hydrogens (tertiary/aromatic N) is 2. The maximum absolute atomic E-state index is 12.6. The molecule has 0 saturated carbocycles. The van der Waals surface area contributed by atoms with Crippen molar-refractivity contribution < 1.29 is 22.9 Å². The first-order valence-corrected chi connectivity index (χ1v) is 6.22. The molecule has 21 heavy (non-hydrogen) atoms. The van der Waals surface area contributed by atoms with Crippen LogP contribution in [0.25, 0.3) is 0 Å². The topological polar surface area (TPSA) is 63.5 Å². The van der Waals surface area contributed by atoms with Gasteiger partial charge in [0.05, 0.1) is 10.5 Å². The first-order valence-electron chi connectivity index (χ1n) is 6.22. The summed E-state index contributed by atoms with van der Waals surface area (Å²) in [5.74, 6) is -0.676. The molecule has 1 amide bonds. The van der Waals surface area contributed by atoms with Crippen LogP contribution >= 0.6 is 0 Å². The van der Waals surface area contributed by atoms with E-state index in [4.69, 9.17) is 0 Å². The Bertz CT molecular complexity index is 558. The minimum absolute atomic E-state index is 0.181. The van der Waals surface area contributed by atoms with Crippen molar-refractivity contribution in [2.45, 2.75) is 32.5 Å². The lowest BCUT2D eigenvalue weighted by atomic mass is 10.1. The third-order valence-electron chi connectivity index (χ3n) is 3.32. The van der Waals surface area contributed by atoms with E-state index in [2.05, 4.69) is 0 Å². The van der Waals surface area contributed by atoms with Crippen LogP contribution in [0.3, 0.4) is 0 Å². The number of carbonyl (C=O) groups is 1. The van der Waals surface area contributed by atoms with E-state index < -0.39 is 28.3 Å². The zero-order chi connectivity index (χ0) is 16.4. The van der Waals surface area contributed by atoms with Gasteiger partial charge in [-0.1, -0.05) is 6.92 Å². The lowest BCUT2D eigenvalue weighted by molar-refractivity contribution is -0.385. The second-order valence-electron chi connectivity index (χ2n) is 4.66. The fourth-order valence-corrected chi connectivity index (χ4v) is 1.70. The molecule has 1 aromatic carbocycles. The number of nitro groups is 1. The van der Waals surface area contributed by atoms with Gasteiger partial charge in [0.15, 0.2) is 0 Å². The standard InChI is InChI=1S/C13H15F3N2O3/c1-4-8(2)17(3)12(19)10-6-5-9(13(14,15)16)7-11(10)18(20)21/h5-8H,4H2,1-3H3/t8-/m0/s1. The second-order valence-corrected chi connectivity index (χ2v) is 4.66. The third-order valence-corrected chi connectivity index (χ3v) is 3.32. The highest BCUT2D eigenvalue weighted by atomic mass is 19.4. The average Bonchev–Trinajstić information content (AvgIpc) is 2.43. The lowest BCUT2D eigenvalue weighted by Gasteiger charge is -2.23. The molecule has 0 aliphatic heterocycles. The van der Waals surface area contributed by atoms with Crippen LogP contribution in [-0.2, 0) is 6.18 Å². The fourth-order valence-electron chi connectivity index (χ4n) is 1.70. The maximum atomic E-state index is 12.6. The Morgan fingerprint density at radius 2 is 2.00 bits per heavy atom. The fraction of sp³-hybridized carbons (Fsp3) is 0.462. The molecule has 0 radical (unpaired) electrons. The number of alkyl halides is 3. The Kier molecular flexibility index (Phi) is 4.93. The summed E-state index contributed by atoms with van der Waals surface area (Å²) in [6, 6.07) is 1.73. The van der Waals surface area contributed by atoms with Gasteiger partial charge in [-0.15, -0.1) is 0 Å². The molecule has 0 fully saturated rings. The number of hydrogen-bond acceptors (Lipinski definition) is 3. The van der Waals surface area contributed by atoms with Crippen molar-refractivity contribution in [3.8, 4) is 0 Å². The molecule has 116 valence electrons. The van der Waals surface area contributed by atoms with Gasteiger partial charge in [0.2, 0.25) is 0 Å². The largest absolute Gasteiger partial charge is 0.416 e. The van der Waals surface area contributed by atoms with E-state index in [-0.39, 0.29) is 11.6 Å². The summed E-state index contributed by atoms with van der Waals surface area (Å²) in [4.78, 5) is 23.4. The SMILES string of the molecule is CC[C@H](C)N(C)C(=O)c1ccc(C(F)(F)F)cc1[N+](=O)[O-]. The van der Waals surface area contributed by atoms with Gasteiger partial charge in [-0.2, -0.15) is 13.2 Å². The summed E-state index contributed by atoms with van der Waals surface area (Å²) in [6.45, 7) is 3.57. The number of nitro benzene ring substituents is 1. The molecule has 0 aromatic heterocycles. The van der Waals surface area contributed by atoms with Crippen molar-refractivity contribution in [3.63, 3.8) is 0 Å². The van der Waals surface area contributed by atoms with E-state index in [1.807, 2.05) is 6.92 Å². The minimum Gasteiger partial charge on any atom is -0.339 e. The highest BCUT2D eigenvalue weighted by molar-refractivity contribution is 5.98. The minimum atomic E-state index is -4.70. The van der Waals surface area contributed by atoms with Crippen molar-refractivity contribution in [1.82, 2.24) is 4.90 Å². The van der Waals surface area contributed by atoms with E-state index >= 15 is 0 Å². The number of hydrogen-bond donors (Lipinski definition) is 0. The van der Waals surface area contributed by atoms with Crippen molar-refractivity contribution in [1.29, 1.82) is 0 Å². The second kappa shape index (κ2) is 6.11. The molecule has 0 bridgehead atoms. The van der Waals surface area contributed by atoms with E-state index in [9.17, 15) is 28.1 Å². The van der Waals surface area contributed by atoms with Gasteiger partial charge in [0.1, 0.15) is 5.56 Å². The molecular formula is C13H15F3N2O3. The molecule has 0 unspecified atom stereocenters. The monoisotopic (exact) mass is 304 g/mol. The quantitative estimate of drug-likeness (QED) is 0.632. The molecule has 1 rings (SSSR count). The Balaban J connectivity index is 3.31. The number of carbonyl (C=O) groups excluding carboxylic acids is 1. The number of benzene rings is 1. The Labute approximate surface area is 119 Å². The van der Waals surface area contributed by atoms with Gasteiger partial charge in [0, 0.05) is 19.2 Å². The van der Waals surface area contributed by atoms with Crippen molar-refractivity contribution in [3.05, 3.63) is 39.4 Å². The zero-order valence-corrected chi connectivity index (χ0v) is 11.8. The molecule has 1 aromatic rings. The van der Waals surface area contributed by atoms with Gasteiger partial charge in [-0.3, -0.25) is 14.9 Å². The Hall–Kier alpha value is -2.12. The van der Waals surface area contributed by atoms with Gasteiger partial charge in [-0.25, -0.2) is 0 Å². The van der Waals surface area contributed by atoms with E-state index in [1.54, 1.807) is 6.92 Å². The zero-order valence-electron chi connectivity index (χ0n) is 11.8. The molecule has 0 aliphatic rings. The van der Waals surface area contributed by atoms with Crippen molar-refractivity contribution in [2.24, 2.45) is 0 Å². The van der Waals surface area contributed by atoms with Crippen molar-refractivity contribution in [2.75, 3.05) is 7.05 Å². The van der Waals surface area contributed by atoms with Crippen molar-refractivity contribution >= 4 is 11.6 Å². The van der Waals surface area contributed by atoms with Crippen LogP contribution in [0.15, 0.2) is 18.2 Å². The predicted molar refractivity (Wildman–Crippen MR) is 69.9 cm³/mol. The molecule has 0 saturated heterocycles. The summed E-state index contributed by atoms with van der Waals surface area (Å²) in [7, 11) is 1.46. The first-order chi connectivity index (χ1) is 9.59. The number of halogens is 3. The third kappa shape index (κ3) is 3.71. The first kappa shape index (κ1) is 16.9. The highest BCUT2D eigenvalue weighted by Gasteiger charge is 2.34.